The third-order valence-corrected chi connectivity index (χ3v) is 2.06. The van der Waals surface area contributed by atoms with E-state index in [1.807, 2.05) is 0 Å². The molecule has 0 aliphatic heterocycles. The fourth-order valence-electron chi connectivity index (χ4n) is 1.05. The Balaban J connectivity index is 2.62. The van der Waals surface area contributed by atoms with Gasteiger partial charge < -0.3 is 4.52 Å². The molecule has 3 nitrogen and oxygen atoms in total. The second-order valence-corrected chi connectivity index (χ2v) is 3.58. The first-order valence-corrected chi connectivity index (χ1v) is 4.80. The third-order valence-electron chi connectivity index (χ3n) is 1.62. The summed E-state index contributed by atoms with van der Waals surface area (Å²) in [5, 5.41) is 3.37. The number of benzene rings is 1. The summed E-state index contributed by atoms with van der Waals surface area (Å²) < 4.78 is 43.8. The van der Waals surface area contributed by atoms with Gasteiger partial charge in [0.25, 0.3) is 5.89 Å². The van der Waals surface area contributed by atoms with Crippen LogP contribution in [0.1, 0.15) is 0 Å². The largest absolute Gasteiger partial charge is 0.333 e. The van der Waals surface area contributed by atoms with Gasteiger partial charge in [0.05, 0.1) is 0 Å². The zero-order valence-electron chi connectivity index (χ0n) is 6.97. The molecule has 0 amide bonds. The number of hydrogen-bond acceptors (Lipinski definition) is 3. The highest BCUT2D eigenvalue weighted by atomic mass is 127. The Labute approximate surface area is 95.4 Å². The van der Waals surface area contributed by atoms with Crippen LogP contribution in [0, 0.1) is 21.3 Å². The van der Waals surface area contributed by atoms with E-state index in [1.54, 1.807) is 22.6 Å². The van der Waals surface area contributed by atoms with Crippen LogP contribution in [0.25, 0.3) is 11.5 Å². The van der Waals surface area contributed by atoms with Gasteiger partial charge >= 0.3 is 0 Å². The van der Waals surface area contributed by atoms with Gasteiger partial charge in [-0.3, -0.25) is 0 Å². The van der Waals surface area contributed by atoms with E-state index in [-0.39, 0.29) is 9.72 Å². The first-order chi connectivity index (χ1) is 7.08. The number of aromatic nitrogens is 2. The molecular weight excluding hydrogens is 324 g/mol. The molecule has 0 spiro atoms. The fraction of sp³-hybridized carbons (Fsp3) is 0. The van der Waals surface area contributed by atoms with Crippen LogP contribution in [0.5, 0.6) is 0 Å². The summed E-state index contributed by atoms with van der Waals surface area (Å²) in [6.07, 6.45) is 0. The maximum absolute atomic E-state index is 13.2. The molecule has 15 heavy (non-hydrogen) atoms. The first-order valence-electron chi connectivity index (χ1n) is 3.72. The minimum atomic E-state index is -1.08. The Morgan fingerprint density at radius 1 is 1.13 bits per heavy atom. The van der Waals surface area contributed by atoms with E-state index in [0.29, 0.717) is 12.1 Å². The van der Waals surface area contributed by atoms with Crippen molar-refractivity contribution in [3.63, 3.8) is 0 Å². The number of hydrogen-bond donors (Lipinski definition) is 0. The predicted molar refractivity (Wildman–Crippen MR) is 52.3 cm³/mol. The molecule has 0 N–H and O–H groups in total. The van der Waals surface area contributed by atoms with Crippen LogP contribution >= 0.6 is 22.6 Å². The molecule has 1 aromatic carbocycles. The van der Waals surface area contributed by atoms with Crippen LogP contribution in [0.3, 0.4) is 0 Å². The Kier molecular flexibility index (Phi) is 2.63. The van der Waals surface area contributed by atoms with Crippen molar-refractivity contribution < 1.29 is 17.7 Å². The van der Waals surface area contributed by atoms with E-state index in [2.05, 4.69) is 14.7 Å². The summed E-state index contributed by atoms with van der Waals surface area (Å²) in [6, 6.07) is 1.10. The van der Waals surface area contributed by atoms with Crippen LogP contribution < -0.4 is 0 Å². The lowest BCUT2D eigenvalue weighted by Crippen LogP contribution is -1.92. The lowest BCUT2D eigenvalue weighted by molar-refractivity contribution is 0.419. The van der Waals surface area contributed by atoms with Crippen molar-refractivity contribution in [3.05, 3.63) is 33.4 Å². The van der Waals surface area contributed by atoms with Gasteiger partial charge in [-0.25, -0.2) is 13.2 Å². The maximum Gasteiger partial charge on any atom is 0.264 e. The maximum atomic E-state index is 13.2. The van der Waals surface area contributed by atoms with Gasteiger partial charge in [-0.2, -0.15) is 4.98 Å². The van der Waals surface area contributed by atoms with Crippen molar-refractivity contribution in [2.45, 2.75) is 0 Å². The smallest absolute Gasteiger partial charge is 0.264 e. The standard InChI is InChI=1S/C8H2F3IN2O/c9-3-1-4(10)6(5(11)2-3)7-13-8(12)14-15-7/h1-2H. The molecule has 0 aliphatic carbocycles. The highest BCUT2D eigenvalue weighted by Crippen LogP contribution is 2.25. The van der Waals surface area contributed by atoms with E-state index in [4.69, 9.17) is 0 Å². The summed E-state index contributed by atoms with van der Waals surface area (Å²) in [6.45, 7) is 0. The fourth-order valence-corrected chi connectivity index (χ4v) is 1.37. The van der Waals surface area contributed by atoms with Crippen LogP contribution in [0.15, 0.2) is 16.7 Å². The Bertz CT molecular complexity index is 491. The van der Waals surface area contributed by atoms with Crippen LogP contribution in [-0.4, -0.2) is 10.1 Å². The molecule has 0 radical (unpaired) electrons. The van der Waals surface area contributed by atoms with Crippen molar-refractivity contribution in [3.8, 4) is 11.5 Å². The Hall–Kier alpha value is -1.12. The average molecular weight is 326 g/mol. The molecule has 7 heteroatoms. The zero-order chi connectivity index (χ0) is 11.0. The second-order valence-electron chi connectivity index (χ2n) is 2.61. The molecule has 0 fully saturated rings. The summed E-state index contributed by atoms with van der Waals surface area (Å²) in [4.78, 5) is 3.64. The average Bonchev–Trinajstić information content (AvgIpc) is 2.49. The van der Waals surface area contributed by atoms with E-state index >= 15 is 0 Å². The molecule has 0 saturated heterocycles. The first kappa shape index (κ1) is 10.4. The zero-order valence-corrected chi connectivity index (χ0v) is 9.13. The molecule has 0 saturated carbocycles. The quantitative estimate of drug-likeness (QED) is 0.757. The monoisotopic (exact) mass is 326 g/mol. The van der Waals surface area contributed by atoms with Crippen LogP contribution in [-0.2, 0) is 0 Å². The van der Waals surface area contributed by atoms with Gasteiger partial charge in [0.1, 0.15) is 23.0 Å². The molecule has 0 bridgehead atoms. The van der Waals surface area contributed by atoms with E-state index in [9.17, 15) is 13.2 Å². The lowest BCUT2D eigenvalue weighted by Gasteiger charge is -1.99. The second kappa shape index (κ2) is 3.80. The summed E-state index contributed by atoms with van der Waals surface area (Å²) in [5.74, 6) is -3.46. The van der Waals surface area contributed by atoms with Crippen molar-refractivity contribution in [2.75, 3.05) is 0 Å². The van der Waals surface area contributed by atoms with Gasteiger partial charge in [-0.1, -0.05) is 5.16 Å². The van der Waals surface area contributed by atoms with Gasteiger partial charge in [0, 0.05) is 34.7 Å². The SMILES string of the molecule is Fc1cc(F)c(-c2nc(I)no2)c(F)c1. The van der Waals surface area contributed by atoms with Gasteiger partial charge in [-0.05, 0) is 0 Å². The number of nitrogens with zero attached hydrogens (tertiary/aromatic N) is 2. The van der Waals surface area contributed by atoms with Crippen LogP contribution in [0.2, 0.25) is 0 Å². The molecule has 1 heterocycles. The summed E-state index contributed by atoms with van der Waals surface area (Å²) >= 11 is 1.72. The van der Waals surface area contributed by atoms with E-state index < -0.39 is 23.0 Å². The van der Waals surface area contributed by atoms with Gasteiger partial charge in [0.2, 0.25) is 3.83 Å². The topological polar surface area (TPSA) is 38.9 Å². The summed E-state index contributed by atoms with van der Waals surface area (Å²) in [5.41, 5.74) is -0.521. The summed E-state index contributed by atoms with van der Waals surface area (Å²) in [7, 11) is 0. The number of halogens is 4. The van der Waals surface area contributed by atoms with E-state index in [1.165, 1.54) is 0 Å². The van der Waals surface area contributed by atoms with Crippen molar-refractivity contribution in [2.24, 2.45) is 0 Å². The van der Waals surface area contributed by atoms with Crippen LogP contribution in [0.4, 0.5) is 13.2 Å². The molecule has 1 aromatic heterocycles. The Morgan fingerprint density at radius 3 is 2.20 bits per heavy atom. The number of rotatable bonds is 1. The molecule has 0 unspecified atom stereocenters. The van der Waals surface area contributed by atoms with Crippen molar-refractivity contribution in [1.82, 2.24) is 10.1 Å². The molecule has 0 aliphatic rings. The highest BCUT2D eigenvalue weighted by Gasteiger charge is 2.18. The van der Waals surface area contributed by atoms with Gasteiger partial charge in [0.15, 0.2) is 0 Å². The van der Waals surface area contributed by atoms with Crippen molar-refractivity contribution >= 4 is 22.6 Å². The normalized spacial score (nSPS) is 10.7. The molecular formula is C8H2F3IN2O. The Morgan fingerprint density at radius 2 is 1.73 bits per heavy atom. The van der Waals surface area contributed by atoms with Gasteiger partial charge in [-0.15, -0.1) is 0 Å². The third kappa shape index (κ3) is 1.96. The molecule has 2 rings (SSSR count). The lowest BCUT2D eigenvalue weighted by atomic mass is 10.2. The predicted octanol–water partition coefficient (Wildman–Crippen LogP) is 2.76. The minimum absolute atomic E-state index is 0.214. The van der Waals surface area contributed by atoms with E-state index in [0.717, 1.165) is 0 Å². The molecule has 2 aromatic rings. The molecule has 0 atom stereocenters. The highest BCUT2D eigenvalue weighted by molar-refractivity contribution is 14.1. The molecule has 78 valence electrons. The van der Waals surface area contributed by atoms with Crippen molar-refractivity contribution in [1.29, 1.82) is 0 Å². The minimum Gasteiger partial charge on any atom is -0.333 e.